The predicted molar refractivity (Wildman–Crippen MR) is 100 cm³/mol. The summed E-state index contributed by atoms with van der Waals surface area (Å²) >= 11 is 0. The SMILES string of the molecule is CN1CCc2ncnc(N3CCC(c4nc5ccccc5o4)CC3)c2C1. The molecule has 4 heterocycles. The second-order valence-electron chi connectivity index (χ2n) is 7.39. The zero-order valence-electron chi connectivity index (χ0n) is 15.1. The lowest BCUT2D eigenvalue weighted by Gasteiger charge is -2.34. The van der Waals surface area contributed by atoms with Gasteiger partial charge in [0.2, 0.25) is 0 Å². The Morgan fingerprint density at radius 2 is 1.92 bits per heavy atom. The number of benzene rings is 1. The Labute approximate surface area is 152 Å². The van der Waals surface area contributed by atoms with Crippen LogP contribution in [0.15, 0.2) is 35.0 Å². The molecule has 2 aromatic heterocycles. The number of rotatable bonds is 2. The normalized spacial score (nSPS) is 19.0. The van der Waals surface area contributed by atoms with Crippen LogP contribution in [-0.2, 0) is 13.0 Å². The van der Waals surface area contributed by atoms with Crippen molar-refractivity contribution < 1.29 is 4.42 Å². The molecule has 2 aliphatic heterocycles. The van der Waals surface area contributed by atoms with Gasteiger partial charge in [0.25, 0.3) is 0 Å². The Bertz CT molecular complexity index is 896. The van der Waals surface area contributed by atoms with Gasteiger partial charge in [0.1, 0.15) is 17.7 Å². The quantitative estimate of drug-likeness (QED) is 0.709. The van der Waals surface area contributed by atoms with Crippen LogP contribution in [0.25, 0.3) is 11.1 Å². The van der Waals surface area contributed by atoms with Gasteiger partial charge in [-0.3, -0.25) is 0 Å². The van der Waals surface area contributed by atoms with E-state index in [-0.39, 0.29) is 0 Å². The van der Waals surface area contributed by atoms with Gasteiger partial charge in [-0.25, -0.2) is 15.0 Å². The molecule has 5 rings (SSSR count). The first kappa shape index (κ1) is 15.8. The summed E-state index contributed by atoms with van der Waals surface area (Å²) < 4.78 is 5.99. The van der Waals surface area contributed by atoms with Crippen LogP contribution in [0, 0.1) is 0 Å². The van der Waals surface area contributed by atoms with Crippen LogP contribution in [0.5, 0.6) is 0 Å². The van der Waals surface area contributed by atoms with Crippen LogP contribution in [0.1, 0.15) is 35.9 Å². The zero-order valence-corrected chi connectivity index (χ0v) is 15.1. The Kier molecular flexibility index (Phi) is 3.85. The summed E-state index contributed by atoms with van der Waals surface area (Å²) in [5, 5.41) is 0. The molecule has 1 saturated heterocycles. The molecule has 0 aliphatic carbocycles. The number of para-hydroxylation sites is 2. The molecule has 0 unspecified atom stereocenters. The van der Waals surface area contributed by atoms with E-state index >= 15 is 0 Å². The first-order valence-corrected chi connectivity index (χ1v) is 9.39. The fourth-order valence-electron chi connectivity index (χ4n) is 4.14. The van der Waals surface area contributed by atoms with Crippen LogP contribution in [0.4, 0.5) is 5.82 Å². The van der Waals surface area contributed by atoms with E-state index in [9.17, 15) is 0 Å². The van der Waals surface area contributed by atoms with E-state index in [1.807, 2.05) is 24.3 Å². The van der Waals surface area contributed by atoms with Gasteiger partial charge in [-0.2, -0.15) is 0 Å². The van der Waals surface area contributed by atoms with Gasteiger partial charge in [0.15, 0.2) is 11.5 Å². The molecule has 2 aliphatic rings. The van der Waals surface area contributed by atoms with Crippen LogP contribution < -0.4 is 4.90 Å². The summed E-state index contributed by atoms with van der Waals surface area (Å²) in [7, 11) is 2.17. The second-order valence-corrected chi connectivity index (χ2v) is 7.39. The smallest absolute Gasteiger partial charge is 0.198 e. The van der Waals surface area contributed by atoms with E-state index in [4.69, 9.17) is 9.40 Å². The highest BCUT2D eigenvalue weighted by Crippen LogP contribution is 2.33. The van der Waals surface area contributed by atoms with Crippen LogP contribution in [0.2, 0.25) is 0 Å². The molecule has 6 heteroatoms. The number of oxazole rings is 1. The molecule has 0 saturated carbocycles. The minimum absolute atomic E-state index is 0.388. The fraction of sp³-hybridized carbons (Fsp3) is 0.450. The lowest BCUT2D eigenvalue weighted by molar-refractivity contribution is 0.308. The maximum atomic E-state index is 5.99. The van der Waals surface area contributed by atoms with Crippen molar-refractivity contribution in [1.82, 2.24) is 19.9 Å². The lowest BCUT2D eigenvalue weighted by Crippen LogP contribution is -2.36. The average Bonchev–Trinajstić information content (AvgIpc) is 3.12. The van der Waals surface area contributed by atoms with Crippen LogP contribution >= 0.6 is 0 Å². The second kappa shape index (κ2) is 6.36. The molecule has 0 radical (unpaired) electrons. The van der Waals surface area contributed by atoms with Crippen molar-refractivity contribution in [3.05, 3.63) is 47.7 Å². The molecule has 6 nitrogen and oxygen atoms in total. The van der Waals surface area contributed by atoms with E-state index in [0.717, 1.165) is 68.2 Å². The molecular formula is C20H23N5O. The average molecular weight is 349 g/mol. The molecule has 1 aromatic carbocycles. The summed E-state index contributed by atoms with van der Waals surface area (Å²) in [6.07, 6.45) is 4.83. The summed E-state index contributed by atoms with van der Waals surface area (Å²) in [6.45, 7) is 3.98. The monoisotopic (exact) mass is 349 g/mol. The molecule has 0 atom stereocenters. The first-order valence-electron chi connectivity index (χ1n) is 9.39. The zero-order chi connectivity index (χ0) is 17.5. The summed E-state index contributed by atoms with van der Waals surface area (Å²) in [5.74, 6) is 2.40. The van der Waals surface area contributed by atoms with Gasteiger partial charge >= 0.3 is 0 Å². The van der Waals surface area contributed by atoms with E-state index < -0.39 is 0 Å². The Balaban J connectivity index is 1.35. The largest absolute Gasteiger partial charge is 0.440 e. The Hall–Kier alpha value is -2.47. The number of nitrogens with zero attached hydrogens (tertiary/aromatic N) is 5. The predicted octanol–water partition coefficient (Wildman–Crippen LogP) is 2.99. The standard InChI is InChI=1S/C20H23N5O/c1-24-9-8-16-15(12-24)19(22-13-21-16)25-10-6-14(7-11-25)20-23-17-4-2-3-5-18(17)26-20/h2-5,13-14H,6-12H2,1H3. The van der Waals surface area contributed by atoms with Gasteiger partial charge < -0.3 is 14.2 Å². The van der Waals surface area contributed by atoms with Crippen molar-refractivity contribution in [2.75, 3.05) is 31.6 Å². The Morgan fingerprint density at radius 1 is 1.08 bits per heavy atom. The number of aromatic nitrogens is 3. The van der Waals surface area contributed by atoms with Crippen molar-refractivity contribution in [3.63, 3.8) is 0 Å². The summed E-state index contributed by atoms with van der Waals surface area (Å²) in [5.41, 5.74) is 4.37. The van der Waals surface area contributed by atoms with Crippen molar-refractivity contribution in [2.24, 2.45) is 0 Å². The van der Waals surface area contributed by atoms with Crippen molar-refractivity contribution in [3.8, 4) is 0 Å². The van der Waals surface area contributed by atoms with Gasteiger partial charge in [-0.05, 0) is 32.0 Å². The molecule has 1 fully saturated rings. The van der Waals surface area contributed by atoms with Gasteiger partial charge in [-0.1, -0.05) is 12.1 Å². The number of anilines is 1. The van der Waals surface area contributed by atoms with E-state index in [1.165, 1.54) is 11.3 Å². The maximum Gasteiger partial charge on any atom is 0.198 e. The minimum atomic E-state index is 0.388. The molecule has 26 heavy (non-hydrogen) atoms. The molecule has 0 bridgehead atoms. The first-order chi connectivity index (χ1) is 12.8. The summed E-state index contributed by atoms with van der Waals surface area (Å²) in [6, 6.07) is 8.01. The van der Waals surface area contributed by atoms with E-state index in [1.54, 1.807) is 6.33 Å². The fourth-order valence-corrected chi connectivity index (χ4v) is 4.14. The minimum Gasteiger partial charge on any atom is -0.440 e. The van der Waals surface area contributed by atoms with E-state index in [2.05, 4.69) is 26.8 Å². The van der Waals surface area contributed by atoms with Crippen LogP contribution in [-0.4, -0.2) is 46.5 Å². The molecular weight excluding hydrogens is 326 g/mol. The van der Waals surface area contributed by atoms with E-state index in [0.29, 0.717) is 5.92 Å². The number of fused-ring (bicyclic) bond motifs is 2. The molecule has 0 amide bonds. The third kappa shape index (κ3) is 2.74. The maximum absolute atomic E-state index is 5.99. The van der Waals surface area contributed by atoms with Gasteiger partial charge in [0, 0.05) is 44.1 Å². The molecule has 3 aromatic rings. The number of hydrogen-bond donors (Lipinski definition) is 0. The lowest BCUT2D eigenvalue weighted by atomic mass is 9.96. The molecule has 0 N–H and O–H groups in total. The number of likely N-dealkylation sites (N-methyl/N-ethyl adjacent to an activating group) is 1. The topological polar surface area (TPSA) is 58.3 Å². The molecule has 134 valence electrons. The number of hydrogen-bond acceptors (Lipinski definition) is 6. The van der Waals surface area contributed by atoms with Crippen LogP contribution in [0.3, 0.4) is 0 Å². The third-order valence-corrected chi connectivity index (χ3v) is 5.62. The highest BCUT2D eigenvalue weighted by atomic mass is 16.3. The third-order valence-electron chi connectivity index (χ3n) is 5.62. The van der Waals surface area contributed by atoms with Crippen molar-refractivity contribution in [1.29, 1.82) is 0 Å². The highest BCUT2D eigenvalue weighted by molar-refractivity contribution is 5.72. The van der Waals surface area contributed by atoms with Crippen molar-refractivity contribution >= 4 is 16.9 Å². The Morgan fingerprint density at radius 3 is 2.77 bits per heavy atom. The number of piperidine rings is 1. The van der Waals surface area contributed by atoms with Gasteiger partial charge in [0.05, 0.1) is 5.69 Å². The highest BCUT2D eigenvalue weighted by Gasteiger charge is 2.28. The van der Waals surface area contributed by atoms with Gasteiger partial charge in [-0.15, -0.1) is 0 Å². The van der Waals surface area contributed by atoms with Crippen molar-refractivity contribution in [2.45, 2.75) is 31.7 Å². The summed E-state index contributed by atoms with van der Waals surface area (Å²) in [4.78, 5) is 18.6. The molecule has 0 spiro atoms.